The summed E-state index contributed by atoms with van der Waals surface area (Å²) in [4.78, 5) is 10.6. The number of hydrogen-bond donors (Lipinski definition) is 1. The third-order valence-corrected chi connectivity index (χ3v) is 3.03. The lowest BCUT2D eigenvalue weighted by Gasteiger charge is -2.19. The number of halogens is 2. The highest BCUT2D eigenvalue weighted by Crippen LogP contribution is 2.34. The van der Waals surface area contributed by atoms with Gasteiger partial charge in [0, 0.05) is 10.6 Å². The Morgan fingerprint density at radius 2 is 2.25 bits per heavy atom. The molecule has 0 aliphatic heterocycles. The van der Waals surface area contributed by atoms with Gasteiger partial charge in [0.25, 0.3) is 0 Å². The zero-order valence-corrected chi connectivity index (χ0v) is 9.17. The number of fused-ring (bicyclic) bond motifs is 1. The lowest BCUT2D eigenvalue weighted by molar-refractivity contribution is -0.140. The van der Waals surface area contributed by atoms with Crippen LogP contribution in [0.25, 0.3) is 5.57 Å². The zero-order valence-electron chi connectivity index (χ0n) is 8.41. The van der Waals surface area contributed by atoms with Gasteiger partial charge in [-0.1, -0.05) is 29.8 Å². The second kappa shape index (κ2) is 4.26. The maximum Gasteiger partial charge on any atom is 0.343 e. The highest BCUT2D eigenvalue weighted by Gasteiger charge is 2.26. The van der Waals surface area contributed by atoms with E-state index < -0.39 is 12.1 Å². The fourth-order valence-electron chi connectivity index (χ4n) is 1.94. The fourth-order valence-corrected chi connectivity index (χ4v) is 2.21. The van der Waals surface area contributed by atoms with Crippen LogP contribution in [0.2, 0.25) is 5.02 Å². The summed E-state index contributed by atoms with van der Waals surface area (Å²) in [6, 6.07) is 5.15. The summed E-state index contributed by atoms with van der Waals surface area (Å²) in [7, 11) is 0. The molecule has 1 aliphatic rings. The molecule has 1 unspecified atom stereocenters. The van der Waals surface area contributed by atoms with Crippen molar-refractivity contribution in [1.29, 1.82) is 0 Å². The van der Waals surface area contributed by atoms with E-state index in [0.717, 1.165) is 12.0 Å². The molecule has 1 aromatic carbocycles. The first-order valence-corrected chi connectivity index (χ1v) is 5.33. The Bertz CT molecular complexity index is 468. The van der Waals surface area contributed by atoms with Gasteiger partial charge in [0.15, 0.2) is 0 Å². The maximum atomic E-state index is 13.5. The van der Waals surface area contributed by atoms with E-state index in [1.807, 2.05) is 0 Å². The van der Waals surface area contributed by atoms with Crippen molar-refractivity contribution in [2.45, 2.75) is 19.0 Å². The fraction of sp³-hybridized carbons (Fsp3) is 0.250. The molecule has 0 spiro atoms. The standard InChI is InChI=1S/C12H10ClFO2/c13-10-6-2-3-7-8(10)4-1-5-9(7)11(14)12(15)16/h2-3,5-6,11H,1,4H2,(H,15,16). The molecule has 0 fully saturated rings. The Morgan fingerprint density at radius 1 is 1.50 bits per heavy atom. The van der Waals surface area contributed by atoms with Crippen molar-refractivity contribution < 1.29 is 14.3 Å². The van der Waals surface area contributed by atoms with E-state index >= 15 is 0 Å². The number of carboxylic acids is 1. The average molecular weight is 241 g/mol. The van der Waals surface area contributed by atoms with E-state index in [0.29, 0.717) is 17.0 Å². The second-order valence-electron chi connectivity index (χ2n) is 3.66. The van der Waals surface area contributed by atoms with E-state index in [4.69, 9.17) is 16.7 Å². The van der Waals surface area contributed by atoms with Crippen LogP contribution in [0.4, 0.5) is 4.39 Å². The molecule has 0 saturated carbocycles. The number of carbonyl (C=O) groups is 1. The van der Waals surface area contributed by atoms with Crippen LogP contribution in [0.15, 0.2) is 24.3 Å². The van der Waals surface area contributed by atoms with Gasteiger partial charge in [-0.05, 0) is 30.0 Å². The van der Waals surface area contributed by atoms with Gasteiger partial charge >= 0.3 is 5.97 Å². The summed E-state index contributed by atoms with van der Waals surface area (Å²) in [5, 5.41) is 9.25. The second-order valence-corrected chi connectivity index (χ2v) is 4.07. The predicted octanol–water partition coefficient (Wildman–Crippen LogP) is 3.09. The van der Waals surface area contributed by atoms with Gasteiger partial charge < -0.3 is 5.11 Å². The number of rotatable bonds is 2. The molecule has 16 heavy (non-hydrogen) atoms. The molecule has 0 heterocycles. The summed E-state index contributed by atoms with van der Waals surface area (Å²) in [5.41, 5.74) is 1.68. The molecule has 1 aromatic rings. The summed E-state index contributed by atoms with van der Waals surface area (Å²) in [6.45, 7) is 0. The van der Waals surface area contributed by atoms with Crippen LogP contribution in [-0.2, 0) is 11.2 Å². The summed E-state index contributed by atoms with van der Waals surface area (Å²) in [5.74, 6) is -1.46. The van der Waals surface area contributed by atoms with Gasteiger partial charge in [-0.2, -0.15) is 0 Å². The molecule has 2 rings (SSSR count). The SMILES string of the molecule is O=C(O)C(F)C1=CCCc2c(Cl)cccc21. The molecule has 0 radical (unpaired) electrons. The number of benzene rings is 1. The Balaban J connectivity index is 2.49. The molecule has 0 aromatic heterocycles. The third kappa shape index (κ3) is 1.83. The molecule has 0 amide bonds. The van der Waals surface area contributed by atoms with Gasteiger partial charge in [0.05, 0.1) is 0 Å². The van der Waals surface area contributed by atoms with Gasteiger partial charge in [0.2, 0.25) is 6.17 Å². The maximum absolute atomic E-state index is 13.5. The molecule has 0 bridgehead atoms. The first-order valence-electron chi connectivity index (χ1n) is 4.96. The first-order chi connectivity index (χ1) is 7.61. The van der Waals surface area contributed by atoms with Crippen LogP contribution in [0.3, 0.4) is 0 Å². The number of carboxylic acid groups (broad SMARTS) is 1. The molecule has 1 N–H and O–H groups in total. The number of hydrogen-bond acceptors (Lipinski definition) is 1. The Kier molecular flexibility index (Phi) is 2.97. The predicted molar refractivity (Wildman–Crippen MR) is 60.3 cm³/mol. The highest BCUT2D eigenvalue weighted by molar-refractivity contribution is 6.31. The van der Waals surface area contributed by atoms with Gasteiger partial charge in [-0.25, -0.2) is 9.18 Å². The molecule has 2 nitrogen and oxygen atoms in total. The third-order valence-electron chi connectivity index (χ3n) is 2.68. The van der Waals surface area contributed by atoms with E-state index in [1.165, 1.54) is 0 Å². The van der Waals surface area contributed by atoms with Crippen LogP contribution in [-0.4, -0.2) is 17.2 Å². The van der Waals surface area contributed by atoms with Gasteiger partial charge in [0.1, 0.15) is 0 Å². The first kappa shape index (κ1) is 11.1. The summed E-state index contributed by atoms with van der Waals surface area (Å²) in [6.07, 6.45) is 1.01. The minimum atomic E-state index is -1.97. The largest absolute Gasteiger partial charge is 0.479 e. The molecular weight excluding hydrogens is 231 g/mol. The monoisotopic (exact) mass is 240 g/mol. The molecule has 4 heteroatoms. The van der Waals surface area contributed by atoms with E-state index in [9.17, 15) is 9.18 Å². The van der Waals surface area contributed by atoms with Crippen molar-refractivity contribution in [3.05, 3.63) is 40.4 Å². The van der Waals surface area contributed by atoms with Crippen LogP contribution < -0.4 is 0 Å². The van der Waals surface area contributed by atoms with Gasteiger partial charge in [-0.15, -0.1) is 0 Å². The minimum Gasteiger partial charge on any atom is -0.479 e. The normalized spacial score (nSPS) is 16.2. The average Bonchev–Trinajstić information content (AvgIpc) is 2.28. The highest BCUT2D eigenvalue weighted by atomic mass is 35.5. The molecule has 0 saturated heterocycles. The molecule has 1 atom stereocenters. The van der Waals surface area contributed by atoms with E-state index in [2.05, 4.69) is 0 Å². The number of alkyl halides is 1. The van der Waals surface area contributed by atoms with E-state index in [-0.39, 0.29) is 5.57 Å². The summed E-state index contributed by atoms with van der Waals surface area (Å²) >= 11 is 5.99. The molecular formula is C12H10ClFO2. The molecule has 1 aliphatic carbocycles. The zero-order chi connectivity index (χ0) is 11.7. The van der Waals surface area contributed by atoms with Gasteiger partial charge in [-0.3, -0.25) is 0 Å². The topological polar surface area (TPSA) is 37.3 Å². The Hall–Kier alpha value is -1.35. The van der Waals surface area contributed by atoms with Crippen molar-refractivity contribution in [3.63, 3.8) is 0 Å². The van der Waals surface area contributed by atoms with Crippen molar-refractivity contribution in [1.82, 2.24) is 0 Å². The van der Waals surface area contributed by atoms with Crippen LogP contribution in [0.5, 0.6) is 0 Å². The Labute approximate surface area is 97.4 Å². The number of aliphatic carboxylic acids is 1. The Morgan fingerprint density at radius 3 is 2.94 bits per heavy atom. The van der Waals surface area contributed by atoms with Crippen molar-refractivity contribution in [2.24, 2.45) is 0 Å². The van der Waals surface area contributed by atoms with Crippen molar-refractivity contribution in [2.75, 3.05) is 0 Å². The van der Waals surface area contributed by atoms with Crippen molar-refractivity contribution in [3.8, 4) is 0 Å². The molecule has 84 valence electrons. The van der Waals surface area contributed by atoms with Crippen LogP contribution in [0, 0.1) is 0 Å². The minimum absolute atomic E-state index is 0.219. The quantitative estimate of drug-likeness (QED) is 0.863. The number of allylic oxidation sites excluding steroid dienone is 1. The van der Waals surface area contributed by atoms with Crippen LogP contribution in [0.1, 0.15) is 17.5 Å². The lowest BCUT2D eigenvalue weighted by atomic mass is 9.88. The van der Waals surface area contributed by atoms with Crippen LogP contribution >= 0.6 is 11.6 Å². The summed E-state index contributed by atoms with van der Waals surface area (Å²) < 4.78 is 13.5. The van der Waals surface area contributed by atoms with Crippen molar-refractivity contribution >= 4 is 23.1 Å². The lowest BCUT2D eigenvalue weighted by Crippen LogP contribution is -2.19. The smallest absolute Gasteiger partial charge is 0.343 e. The van der Waals surface area contributed by atoms with E-state index in [1.54, 1.807) is 24.3 Å².